The Kier molecular flexibility index (Phi) is 19.1. The van der Waals surface area contributed by atoms with Gasteiger partial charge in [0.2, 0.25) is 0 Å². The first-order chi connectivity index (χ1) is 19.9. The molecule has 6 nitrogen and oxygen atoms in total. The lowest BCUT2D eigenvalue weighted by molar-refractivity contribution is 0.0158. The van der Waals surface area contributed by atoms with E-state index in [9.17, 15) is 4.79 Å². The van der Waals surface area contributed by atoms with Crippen LogP contribution in [0.1, 0.15) is 113 Å². The molecule has 0 bridgehead atoms. The Bertz CT molecular complexity index is 1080. The van der Waals surface area contributed by atoms with E-state index in [0.717, 1.165) is 48.0 Å². The molecule has 0 spiro atoms. The number of carbonyl (C=O) groups excluding carboxylic acids is 1. The van der Waals surface area contributed by atoms with Gasteiger partial charge in [0.1, 0.15) is 17.7 Å². The second-order valence-corrected chi connectivity index (χ2v) is 11.5. The second kappa shape index (κ2) is 20.3. The first-order valence-corrected chi connectivity index (χ1v) is 16.3. The molecule has 42 heavy (non-hydrogen) atoms. The number of allylic oxidation sites excluding steroid dienone is 2. The number of carbonyl (C=O) groups is 1. The normalized spacial score (nSPS) is 15.7. The Morgan fingerprint density at radius 1 is 1.14 bits per heavy atom. The number of piperazine rings is 1. The molecule has 0 radical (unpaired) electrons. The van der Waals surface area contributed by atoms with Crippen LogP contribution in [0, 0.1) is 12.8 Å². The monoisotopic (exact) mass is 602 g/mol. The SMILES string of the molecule is C/C=C(\c1c(C)ncnc1N1CCN(C(=O)OC(C)(C)C)C(C)C1)C(C)CC.CC.CC.CCCc1cccc(Cl)c1. The van der Waals surface area contributed by atoms with Gasteiger partial charge in [-0.25, -0.2) is 14.8 Å². The van der Waals surface area contributed by atoms with E-state index in [-0.39, 0.29) is 12.1 Å². The lowest BCUT2D eigenvalue weighted by Gasteiger charge is -2.41. The van der Waals surface area contributed by atoms with Gasteiger partial charge in [-0.15, -0.1) is 0 Å². The third-order valence-electron chi connectivity index (χ3n) is 6.74. The maximum Gasteiger partial charge on any atom is 0.410 e. The van der Waals surface area contributed by atoms with E-state index >= 15 is 0 Å². The van der Waals surface area contributed by atoms with Crippen molar-refractivity contribution in [3.05, 3.63) is 58.5 Å². The van der Waals surface area contributed by atoms with E-state index in [2.05, 4.69) is 61.6 Å². The highest BCUT2D eigenvalue weighted by Crippen LogP contribution is 2.34. The van der Waals surface area contributed by atoms with Crippen LogP contribution in [0.4, 0.5) is 10.6 Å². The highest BCUT2D eigenvalue weighted by atomic mass is 35.5. The Morgan fingerprint density at radius 3 is 2.29 bits per heavy atom. The van der Waals surface area contributed by atoms with Crippen molar-refractivity contribution in [2.24, 2.45) is 5.92 Å². The molecule has 2 heterocycles. The Labute approximate surface area is 262 Å². The van der Waals surface area contributed by atoms with Crippen LogP contribution in [0.3, 0.4) is 0 Å². The molecule has 1 fully saturated rings. The van der Waals surface area contributed by atoms with Gasteiger partial charge in [-0.1, -0.05) is 84.7 Å². The van der Waals surface area contributed by atoms with Gasteiger partial charge in [-0.3, -0.25) is 0 Å². The molecule has 1 saturated heterocycles. The largest absolute Gasteiger partial charge is 0.444 e. The van der Waals surface area contributed by atoms with E-state index in [1.54, 1.807) is 6.33 Å². The van der Waals surface area contributed by atoms with Crippen LogP contribution in [0.2, 0.25) is 5.02 Å². The summed E-state index contributed by atoms with van der Waals surface area (Å²) in [4.78, 5) is 25.7. The van der Waals surface area contributed by atoms with Gasteiger partial charge in [0.25, 0.3) is 0 Å². The van der Waals surface area contributed by atoms with Gasteiger partial charge in [-0.05, 0) is 83.6 Å². The van der Waals surface area contributed by atoms with E-state index in [4.69, 9.17) is 16.3 Å². The van der Waals surface area contributed by atoms with Crippen LogP contribution < -0.4 is 4.90 Å². The minimum atomic E-state index is -0.484. The van der Waals surface area contributed by atoms with Gasteiger partial charge in [-0.2, -0.15) is 0 Å². The number of hydrogen-bond donors (Lipinski definition) is 0. The molecular weight excluding hydrogens is 544 g/mol. The average molecular weight is 603 g/mol. The van der Waals surface area contributed by atoms with Crippen LogP contribution in [0.25, 0.3) is 5.57 Å². The minimum Gasteiger partial charge on any atom is -0.444 e. The standard InChI is InChI=1S/C22H36N4O2.C9H11Cl.2C2H6/c1-9-15(3)18(10-2)19-17(5)23-14-24-20(19)25-11-12-26(16(4)13-25)21(27)28-22(6,7)8;1-2-4-8-5-3-6-9(10)7-8;2*1-2/h10,14-16H,9,11-13H2,1-8H3;3,5-7H,2,4H2,1H3;2*1-2H3/b18-10-;;;. The number of benzene rings is 1. The maximum absolute atomic E-state index is 12.5. The predicted molar refractivity (Wildman–Crippen MR) is 183 cm³/mol. The quantitative estimate of drug-likeness (QED) is 0.329. The third-order valence-corrected chi connectivity index (χ3v) is 6.98. The number of anilines is 1. The smallest absolute Gasteiger partial charge is 0.410 e. The molecule has 1 aliphatic heterocycles. The zero-order valence-corrected chi connectivity index (χ0v) is 29.6. The lowest BCUT2D eigenvalue weighted by atomic mass is 9.90. The summed E-state index contributed by atoms with van der Waals surface area (Å²) in [6.45, 7) is 28.6. The molecule has 0 N–H and O–H groups in total. The third kappa shape index (κ3) is 12.7. The number of hydrogen-bond acceptors (Lipinski definition) is 5. The Hall–Kier alpha value is -2.60. The number of aryl methyl sites for hydroxylation is 2. The van der Waals surface area contributed by atoms with Crippen LogP contribution in [-0.4, -0.2) is 52.2 Å². The van der Waals surface area contributed by atoms with Crippen molar-refractivity contribution >= 4 is 29.1 Å². The fourth-order valence-corrected chi connectivity index (χ4v) is 4.87. The summed E-state index contributed by atoms with van der Waals surface area (Å²) in [7, 11) is 0. The van der Waals surface area contributed by atoms with E-state index < -0.39 is 5.60 Å². The maximum atomic E-state index is 12.5. The summed E-state index contributed by atoms with van der Waals surface area (Å²) in [6, 6.07) is 8.07. The number of aromatic nitrogens is 2. The molecular formula is C35H59ClN4O2. The van der Waals surface area contributed by atoms with Gasteiger partial charge in [0, 0.05) is 36.3 Å². The lowest BCUT2D eigenvalue weighted by Crippen LogP contribution is -2.55. The molecule has 238 valence electrons. The zero-order chi connectivity index (χ0) is 32.5. The number of halogens is 1. The number of amides is 1. The number of ether oxygens (including phenoxy) is 1. The summed E-state index contributed by atoms with van der Waals surface area (Å²) in [6.07, 6.45) is 6.96. The summed E-state index contributed by atoms with van der Waals surface area (Å²) in [5.74, 6) is 1.41. The first-order valence-electron chi connectivity index (χ1n) is 15.9. The topological polar surface area (TPSA) is 58.6 Å². The van der Waals surface area contributed by atoms with Crippen molar-refractivity contribution in [3.63, 3.8) is 0 Å². The molecule has 2 atom stereocenters. The van der Waals surface area contributed by atoms with Crippen LogP contribution in [0.5, 0.6) is 0 Å². The van der Waals surface area contributed by atoms with Gasteiger partial charge >= 0.3 is 6.09 Å². The van der Waals surface area contributed by atoms with Crippen LogP contribution in [-0.2, 0) is 11.2 Å². The van der Waals surface area contributed by atoms with Gasteiger partial charge in [0.05, 0.1) is 5.69 Å². The number of rotatable bonds is 6. The fraction of sp³-hybridized carbons (Fsp3) is 0.629. The highest BCUT2D eigenvalue weighted by Gasteiger charge is 2.32. The molecule has 0 saturated carbocycles. The minimum absolute atomic E-state index is 0.0457. The van der Waals surface area contributed by atoms with Crippen molar-refractivity contribution < 1.29 is 9.53 Å². The Morgan fingerprint density at radius 2 is 1.79 bits per heavy atom. The van der Waals surface area contributed by atoms with Crippen molar-refractivity contribution in [1.82, 2.24) is 14.9 Å². The average Bonchev–Trinajstić information content (AvgIpc) is 2.95. The molecule has 3 rings (SSSR count). The Balaban J connectivity index is 0.000000998. The van der Waals surface area contributed by atoms with Crippen LogP contribution in [0.15, 0.2) is 36.7 Å². The zero-order valence-electron chi connectivity index (χ0n) is 28.8. The summed E-state index contributed by atoms with van der Waals surface area (Å²) >= 11 is 5.78. The van der Waals surface area contributed by atoms with E-state index in [1.807, 2.05) is 78.5 Å². The molecule has 2 aromatic rings. The van der Waals surface area contributed by atoms with E-state index in [0.29, 0.717) is 12.5 Å². The number of nitrogens with zero attached hydrogens (tertiary/aromatic N) is 4. The molecule has 1 aromatic heterocycles. The van der Waals surface area contributed by atoms with Crippen molar-refractivity contribution in [2.75, 3.05) is 24.5 Å². The molecule has 1 amide bonds. The molecule has 7 heteroatoms. The fourth-order valence-electron chi connectivity index (χ4n) is 4.66. The summed E-state index contributed by atoms with van der Waals surface area (Å²) in [5.41, 5.74) is 4.27. The van der Waals surface area contributed by atoms with Gasteiger partial charge in [0.15, 0.2) is 0 Å². The molecule has 0 aliphatic carbocycles. The second-order valence-electron chi connectivity index (χ2n) is 11.1. The van der Waals surface area contributed by atoms with Crippen molar-refractivity contribution in [2.45, 2.75) is 121 Å². The highest BCUT2D eigenvalue weighted by molar-refractivity contribution is 6.30. The molecule has 2 unspecified atom stereocenters. The summed E-state index contributed by atoms with van der Waals surface area (Å²) in [5, 5.41) is 0.839. The van der Waals surface area contributed by atoms with Crippen molar-refractivity contribution in [3.8, 4) is 0 Å². The summed E-state index contributed by atoms with van der Waals surface area (Å²) < 4.78 is 5.57. The van der Waals surface area contributed by atoms with Crippen molar-refractivity contribution in [1.29, 1.82) is 0 Å². The van der Waals surface area contributed by atoms with Gasteiger partial charge < -0.3 is 14.5 Å². The predicted octanol–water partition coefficient (Wildman–Crippen LogP) is 10.0. The first kappa shape index (κ1) is 39.4. The molecule has 1 aliphatic rings. The molecule has 1 aromatic carbocycles. The van der Waals surface area contributed by atoms with Crippen LogP contribution >= 0.6 is 11.6 Å². The van der Waals surface area contributed by atoms with E-state index in [1.165, 1.54) is 17.6 Å².